The van der Waals surface area contributed by atoms with E-state index in [1.165, 1.54) is 5.56 Å². The molecule has 0 bridgehead atoms. The van der Waals surface area contributed by atoms with Gasteiger partial charge in [-0.25, -0.2) is 4.68 Å². The van der Waals surface area contributed by atoms with Gasteiger partial charge in [-0.3, -0.25) is 0 Å². The van der Waals surface area contributed by atoms with Crippen LogP contribution in [0.1, 0.15) is 27.9 Å². The lowest BCUT2D eigenvalue weighted by Gasteiger charge is -2.04. The summed E-state index contributed by atoms with van der Waals surface area (Å²) in [6.45, 7) is 2.59. The largest absolute Gasteiger partial charge is 0.383 e. The predicted molar refractivity (Wildman–Crippen MR) is 98.6 cm³/mol. The van der Waals surface area contributed by atoms with Crippen molar-refractivity contribution in [2.45, 2.75) is 19.9 Å². The first-order chi connectivity index (χ1) is 11.6. The van der Waals surface area contributed by atoms with E-state index in [2.05, 4.69) is 58.3 Å². The van der Waals surface area contributed by atoms with Gasteiger partial charge >= 0.3 is 0 Å². The van der Waals surface area contributed by atoms with Crippen LogP contribution >= 0.6 is 15.9 Å². The third-order valence-electron chi connectivity index (χ3n) is 3.91. The van der Waals surface area contributed by atoms with Gasteiger partial charge in [-0.2, -0.15) is 10.4 Å². The van der Waals surface area contributed by atoms with Gasteiger partial charge in [-0.1, -0.05) is 57.9 Å². The summed E-state index contributed by atoms with van der Waals surface area (Å²) in [6, 6.07) is 18.4. The molecule has 0 fully saturated rings. The highest BCUT2D eigenvalue weighted by molar-refractivity contribution is 9.10. The normalized spacial score (nSPS) is 10.5. The van der Waals surface area contributed by atoms with Crippen LogP contribution in [-0.4, -0.2) is 9.78 Å². The van der Waals surface area contributed by atoms with Gasteiger partial charge in [-0.15, -0.1) is 0 Å². The first kappa shape index (κ1) is 16.3. The van der Waals surface area contributed by atoms with Crippen LogP contribution in [0.2, 0.25) is 0 Å². The highest BCUT2D eigenvalue weighted by Crippen LogP contribution is 2.21. The van der Waals surface area contributed by atoms with Gasteiger partial charge < -0.3 is 5.73 Å². The quantitative estimate of drug-likeness (QED) is 0.742. The van der Waals surface area contributed by atoms with E-state index < -0.39 is 0 Å². The molecule has 5 heteroatoms. The van der Waals surface area contributed by atoms with Gasteiger partial charge in [0.1, 0.15) is 17.5 Å². The van der Waals surface area contributed by atoms with Gasteiger partial charge in [0.25, 0.3) is 0 Å². The van der Waals surface area contributed by atoms with Crippen molar-refractivity contribution in [3.8, 4) is 6.07 Å². The molecule has 1 heterocycles. The van der Waals surface area contributed by atoms with E-state index in [-0.39, 0.29) is 0 Å². The number of halogens is 1. The molecule has 3 aromatic rings. The van der Waals surface area contributed by atoms with E-state index in [0.29, 0.717) is 24.3 Å². The van der Waals surface area contributed by atoms with Crippen LogP contribution in [0.4, 0.5) is 5.82 Å². The molecule has 4 nitrogen and oxygen atoms in total. The average Bonchev–Trinajstić information content (AvgIpc) is 2.86. The van der Waals surface area contributed by atoms with Crippen molar-refractivity contribution in [2.75, 3.05) is 5.73 Å². The third-order valence-corrected chi connectivity index (χ3v) is 4.44. The molecule has 0 unspecified atom stereocenters. The standard InChI is InChI=1S/C19H17BrN4/c1-13-2-4-14(5-3-13)10-18-17(11-21)19(22)24(23-18)12-15-6-8-16(20)9-7-15/h2-9H,10,12,22H2,1H3. The number of hydrogen-bond donors (Lipinski definition) is 1. The smallest absolute Gasteiger partial charge is 0.140 e. The topological polar surface area (TPSA) is 67.6 Å². The summed E-state index contributed by atoms with van der Waals surface area (Å²) in [5.74, 6) is 0.419. The Labute approximate surface area is 149 Å². The van der Waals surface area contributed by atoms with Crippen molar-refractivity contribution in [1.29, 1.82) is 5.26 Å². The Balaban J connectivity index is 1.89. The minimum Gasteiger partial charge on any atom is -0.383 e. The van der Waals surface area contributed by atoms with Crippen molar-refractivity contribution in [3.63, 3.8) is 0 Å². The van der Waals surface area contributed by atoms with Crippen molar-refractivity contribution in [1.82, 2.24) is 9.78 Å². The number of nitrogen functional groups attached to an aromatic ring is 1. The van der Waals surface area contributed by atoms with Crippen LogP contribution in [-0.2, 0) is 13.0 Å². The number of anilines is 1. The zero-order valence-corrected chi connectivity index (χ0v) is 14.9. The number of hydrogen-bond acceptors (Lipinski definition) is 3. The van der Waals surface area contributed by atoms with Crippen LogP contribution in [0, 0.1) is 18.3 Å². The summed E-state index contributed by atoms with van der Waals surface area (Å²) < 4.78 is 2.73. The van der Waals surface area contributed by atoms with Crippen molar-refractivity contribution in [3.05, 3.63) is 81.0 Å². The predicted octanol–water partition coefficient (Wildman–Crippen LogP) is 4.05. The van der Waals surface area contributed by atoms with Crippen molar-refractivity contribution >= 4 is 21.7 Å². The lowest BCUT2D eigenvalue weighted by Crippen LogP contribution is -2.06. The number of benzene rings is 2. The molecule has 3 rings (SSSR count). The number of aryl methyl sites for hydroxylation is 1. The molecular weight excluding hydrogens is 364 g/mol. The zero-order chi connectivity index (χ0) is 17.1. The first-order valence-corrected chi connectivity index (χ1v) is 8.41. The van der Waals surface area contributed by atoms with E-state index in [1.807, 2.05) is 24.3 Å². The summed E-state index contributed by atoms with van der Waals surface area (Å²) in [5.41, 5.74) is 10.7. The SMILES string of the molecule is Cc1ccc(Cc2nn(Cc3ccc(Br)cc3)c(N)c2C#N)cc1. The van der Waals surface area contributed by atoms with Crippen LogP contribution in [0.5, 0.6) is 0 Å². The average molecular weight is 381 g/mol. The zero-order valence-electron chi connectivity index (χ0n) is 13.3. The second-order valence-corrected chi connectivity index (χ2v) is 6.68. The number of aromatic nitrogens is 2. The molecule has 1 aromatic heterocycles. The van der Waals surface area contributed by atoms with E-state index in [4.69, 9.17) is 5.73 Å². The molecule has 0 aliphatic heterocycles. The Morgan fingerprint density at radius 1 is 1.08 bits per heavy atom. The Morgan fingerprint density at radius 2 is 1.71 bits per heavy atom. The summed E-state index contributed by atoms with van der Waals surface area (Å²) >= 11 is 3.42. The third kappa shape index (κ3) is 3.50. The molecule has 2 N–H and O–H groups in total. The number of nitrogens with zero attached hydrogens (tertiary/aromatic N) is 3. The van der Waals surface area contributed by atoms with Crippen molar-refractivity contribution in [2.24, 2.45) is 0 Å². The van der Waals surface area contributed by atoms with Crippen LogP contribution in [0.15, 0.2) is 53.0 Å². The van der Waals surface area contributed by atoms with Gasteiger partial charge in [0.15, 0.2) is 0 Å². The molecule has 24 heavy (non-hydrogen) atoms. The maximum Gasteiger partial charge on any atom is 0.140 e. The van der Waals surface area contributed by atoms with E-state index in [0.717, 1.165) is 21.3 Å². The maximum absolute atomic E-state index is 9.45. The number of rotatable bonds is 4. The minimum absolute atomic E-state index is 0.419. The summed E-state index contributed by atoms with van der Waals surface area (Å²) in [6.07, 6.45) is 0.598. The molecule has 0 aliphatic rings. The summed E-state index contributed by atoms with van der Waals surface area (Å²) in [5, 5.41) is 14.0. The van der Waals surface area contributed by atoms with Crippen LogP contribution in [0.25, 0.3) is 0 Å². The number of nitriles is 1. The second kappa shape index (κ2) is 6.90. The van der Waals surface area contributed by atoms with Gasteiger partial charge in [0.05, 0.1) is 12.2 Å². The molecule has 0 aliphatic carbocycles. The summed E-state index contributed by atoms with van der Waals surface area (Å²) in [4.78, 5) is 0. The van der Waals surface area contributed by atoms with Gasteiger partial charge in [-0.05, 0) is 30.2 Å². The molecule has 0 amide bonds. The molecule has 0 saturated heterocycles. The molecule has 120 valence electrons. The number of nitrogens with two attached hydrogens (primary N) is 1. The highest BCUT2D eigenvalue weighted by atomic mass is 79.9. The van der Waals surface area contributed by atoms with Gasteiger partial charge in [0, 0.05) is 10.9 Å². The van der Waals surface area contributed by atoms with E-state index in [9.17, 15) is 5.26 Å². The molecule has 0 radical (unpaired) electrons. The summed E-state index contributed by atoms with van der Waals surface area (Å²) in [7, 11) is 0. The fourth-order valence-corrected chi connectivity index (χ4v) is 2.82. The molecule has 0 atom stereocenters. The highest BCUT2D eigenvalue weighted by Gasteiger charge is 2.16. The van der Waals surface area contributed by atoms with Crippen LogP contribution < -0.4 is 5.73 Å². The second-order valence-electron chi connectivity index (χ2n) is 5.77. The van der Waals surface area contributed by atoms with Crippen LogP contribution in [0.3, 0.4) is 0 Å². The Hall–Kier alpha value is -2.58. The minimum atomic E-state index is 0.419. The fraction of sp³-hybridized carbons (Fsp3) is 0.158. The molecule has 0 saturated carbocycles. The van der Waals surface area contributed by atoms with E-state index >= 15 is 0 Å². The maximum atomic E-state index is 9.45. The van der Waals surface area contributed by atoms with Crippen molar-refractivity contribution < 1.29 is 0 Å². The Morgan fingerprint density at radius 3 is 2.33 bits per heavy atom. The monoisotopic (exact) mass is 380 g/mol. The Bertz CT molecular complexity index is 887. The molecule has 0 spiro atoms. The molecular formula is C19H17BrN4. The lowest BCUT2D eigenvalue weighted by atomic mass is 10.1. The molecule has 2 aromatic carbocycles. The lowest BCUT2D eigenvalue weighted by molar-refractivity contribution is 0.684. The first-order valence-electron chi connectivity index (χ1n) is 7.62. The Kier molecular flexibility index (Phi) is 4.68. The van der Waals surface area contributed by atoms with E-state index in [1.54, 1.807) is 4.68 Å². The fourth-order valence-electron chi connectivity index (χ4n) is 2.55. The van der Waals surface area contributed by atoms with Gasteiger partial charge in [0.2, 0.25) is 0 Å².